The van der Waals surface area contributed by atoms with Crippen LogP contribution >= 0.6 is 0 Å². The maximum absolute atomic E-state index is 11.5. The van der Waals surface area contributed by atoms with Crippen molar-refractivity contribution in [1.29, 1.82) is 0 Å². The van der Waals surface area contributed by atoms with Gasteiger partial charge in [-0.25, -0.2) is 8.42 Å². The Morgan fingerprint density at radius 1 is 1.47 bits per heavy atom. The molecule has 0 radical (unpaired) electrons. The second-order valence-corrected chi connectivity index (χ2v) is 7.17. The monoisotopic (exact) mass is 262 g/mol. The van der Waals surface area contributed by atoms with E-state index in [0.717, 1.165) is 39.1 Å². The van der Waals surface area contributed by atoms with Crippen molar-refractivity contribution in [1.82, 2.24) is 10.2 Å². The molecular formula is C11H22N2O3S. The number of morpholine rings is 1. The predicted molar refractivity (Wildman–Crippen MR) is 66.9 cm³/mol. The van der Waals surface area contributed by atoms with Crippen LogP contribution in [0, 0.1) is 0 Å². The number of nitrogens with zero attached hydrogens (tertiary/aromatic N) is 1. The van der Waals surface area contributed by atoms with Crippen molar-refractivity contribution in [3.8, 4) is 0 Å². The number of hydrogen-bond donors (Lipinski definition) is 1. The number of nitrogens with one attached hydrogen (secondary N) is 1. The van der Waals surface area contributed by atoms with E-state index in [4.69, 9.17) is 4.74 Å². The van der Waals surface area contributed by atoms with E-state index < -0.39 is 9.84 Å². The quantitative estimate of drug-likeness (QED) is 0.739. The van der Waals surface area contributed by atoms with E-state index in [1.165, 1.54) is 0 Å². The van der Waals surface area contributed by atoms with Crippen molar-refractivity contribution < 1.29 is 13.2 Å². The molecule has 2 aliphatic rings. The Morgan fingerprint density at radius 2 is 2.29 bits per heavy atom. The predicted octanol–water partition coefficient (Wildman–Crippen LogP) is -0.516. The van der Waals surface area contributed by atoms with E-state index in [1.54, 1.807) is 0 Å². The summed E-state index contributed by atoms with van der Waals surface area (Å²) >= 11 is 0. The first-order chi connectivity index (χ1) is 8.11. The molecule has 5 nitrogen and oxygen atoms in total. The number of sulfone groups is 1. The summed E-state index contributed by atoms with van der Waals surface area (Å²) in [6.07, 6.45) is 2.03. The van der Waals surface area contributed by atoms with E-state index in [2.05, 4.69) is 10.2 Å². The van der Waals surface area contributed by atoms with Crippen molar-refractivity contribution in [3.63, 3.8) is 0 Å². The second kappa shape index (κ2) is 5.65. The Bertz CT molecular complexity index is 345. The Morgan fingerprint density at radius 3 is 2.94 bits per heavy atom. The zero-order valence-electron chi connectivity index (χ0n) is 10.4. The van der Waals surface area contributed by atoms with Crippen molar-refractivity contribution >= 4 is 9.84 Å². The van der Waals surface area contributed by atoms with Gasteiger partial charge in [0.1, 0.15) is 0 Å². The lowest BCUT2D eigenvalue weighted by atomic mass is 10.1. The molecule has 2 fully saturated rings. The highest BCUT2D eigenvalue weighted by atomic mass is 32.2. The van der Waals surface area contributed by atoms with Crippen molar-refractivity contribution in [2.75, 3.05) is 44.8 Å². The van der Waals surface area contributed by atoms with Crippen LogP contribution in [0.25, 0.3) is 0 Å². The topological polar surface area (TPSA) is 58.6 Å². The molecule has 2 heterocycles. The summed E-state index contributed by atoms with van der Waals surface area (Å²) in [5.74, 6) is 0.696. The summed E-state index contributed by atoms with van der Waals surface area (Å²) in [6.45, 7) is 3.42. The molecule has 2 unspecified atom stereocenters. The molecule has 17 heavy (non-hydrogen) atoms. The van der Waals surface area contributed by atoms with Crippen LogP contribution in [0.1, 0.15) is 12.8 Å². The van der Waals surface area contributed by atoms with Crippen LogP contribution in [0.5, 0.6) is 0 Å². The summed E-state index contributed by atoms with van der Waals surface area (Å²) in [4.78, 5) is 2.30. The van der Waals surface area contributed by atoms with Crippen LogP contribution in [-0.4, -0.2) is 70.3 Å². The second-order valence-electron chi connectivity index (χ2n) is 4.94. The Labute approximate surface area is 103 Å². The maximum atomic E-state index is 11.5. The van der Waals surface area contributed by atoms with Crippen molar-refractivity contribution in [3.05, 3.63) is 0 Å². The minimum Gasteiger partial charge on any atom is -0.376 e. The van der Waals surface area contributed by atoms with Gasteiger partial charge in [-0.1, -0.05) is 0 Å². The molecule has 0 aromatic rings. The molecule has 0 aromatic carbocycles. The lowest BCUT2D eigenvalue weighted by molar-refractivity contribution is -0.0425. The first-order valence-electron chi connectivity index (χ1n) is 6.31. The van der Waals surface area contributed by atoms with E-state index in [0.29, 0.717) is 11.5 Å². The van der Waals surface area contributed by atoms with Gasteiger partial charge >= 0.3 is 0 Å². The van der Waals surface area contributed by atoms with Crippen LogP contribution in [0.3, 0.4) is 0 Å². The molecule has 0 saturated carbocycles. The Kier molecular flexibility index (Phi) is 4.41. The van der Waals surface area contributed by atoms with Gasteiger partial charge in [-0.15, -0.1) is 0 Å². The summed E-state index contributed by atoms with van der Waals surface area (Å²) in [6, 6.07) is 0.223. The minimum absolute atomic E-state index is 0.223. The summed E-state index contributed by atoms with van der Waals surface area (Å²) < 4.78 is 28.6. The summed E-state index contributed by atoms with van der Waals surface area (Å²) in [5.41, 5.74) is 0. The molecule has 2 aliphatic heterocycles. The van der Waals surface area contributed by atoms with Crippen LogP contribution in [0.2, 0.25) is 0 Å². The van der Waals surface area contributed by atoms with Gasteiger partial charge in [0, 0.05) is 19.1 Å². The average Bonchev–Trinajstić information content (AvgIpc) is 2.67. The van der Waals surface area contributed by atoms with Gasteiger partial charge in [-0.3, -0.25) is 4.90 Å². The van der Waals surface area contributed by atoms with Crippen LogP contribution in [0.4, 0.5) is 0 Å². The summed E-state index contributed by atoms with van der Waals surface area (Å²) in [7, 11) is -0.839. The molecule has 6 heteroatoms. The highest BCUT2D eigenvalue weighted by Crippen LogP contribution is 2.20. The molecule has 0 amide bonds. The molecule has 0 spiro atoms. The van der Waals surface area contributed by atoms with E-state index in [-0.39, 0.29) is 12.1 Å². The first kappa shape index (κ1) is 13.3. The normalized spacial score (nSPS) is 33.9. The zero-order chi connectivity index (χ0) is 12.3. The standard InChI is InChI=1S/C11H22N2O3S/c1-12-4-2-11-8-13(5-6-16-11)10-3-7-17(14,15)9-10/h10-12H,2-9H2,1H3. The Balaban J connectivity index is 1.85. The van der Waals surface area contributed by atoms with Crippen LogP contribution in [0.15, 0.2) is 0 Å². The van der Waals surface area contributed by atoms with Crippen LogP contribution < -0.4 is 5.32 Å². The van der Waals surface area contributed by atoms with Gasteiger partial charge in [0.2, 0.25) is 0 Å². The fourth-order valence-electron chi connectivity index (χ4n) is 2.62. The first-order valence-corrected chi connectivity index (χ1v) is 8.13. The zero-order valence-corrected chi connectivity index (χ0v) is 11.2. The molecule has 0 bridgehead atoms. The molecule has 1 N–H and O–H groups in total. The molecule has 2 rings (SSSR count). The third kappa shape index (κ3) is 3.64. The van der Waals surface area contributed by atoms with Crippen molar-refractivity contribution in [2.24, 2.45) is 0 Å². The number of ether oxygens (including phenoxy) is 1. The lowest BCUT2D eigenvalue weighted by Gasteiger charge is -2.36. The molecule has 0 aromatic heterocycles. The third-order valence-electron chi connectivity index (χ3n) is 3.61. The van der Waals surface area contributed by atoms with Gasteiger partial charge in [0.05, 0.1) is 24.2 Å². The molecular weight excluding hydrogens is 240 g/mol. The maximum Gasteiger partial charge on any atom is 0.151 e. The largest absolute Gasteiger partial charge is 0.376 e. The lowest BCUT2D eigenvalue weighted by Crippen LogP contribution is -2.48. The number of rotatable bonds is 4. The SMILES string of the molecule is CNCCC1CN(C2CCS(=O)(=O)C2)CCO1. The van der Waals surface area contributed by atoms with E-state index in [9.17, 15) is 8.42 Å². The summed E-state index contributed by atoms with van der Waals surface area (Å²) in [5, 5.41) is 3.12. The van der Waals surface area contributed by atoms with E-state index in [1.807, 2.05) is 7.05 Å². The van der Waals surface area contributed by atoms with Crippen LogP contribution in [-0.2, 0) is 14.6 Å². The van der Waals surface area contributed by atoms with Crippen molar-refractivity contribution in [2.45, 2.75) is 25.0 Å². The van der Waals surface area contributed by atoms with Gasteiger partial charge in [0.25, 0.3) is 0 Å². The molecule has 2 atom stereocenters. The minimum atomic E-state index is -2.77. The fraction of sp³-hybridized carbons (Fsp3) is 1.00. The average molecular weight is 262 g/mol. The van der Waals surface area contributed by atoms with Gasteiger partial charge < -0.3 is 10.1 Å². The fourth-order valence-corrected chi connectivity index (χ4v) is 4.38. The highest BCUT2D eigenvalue weighted by Gasteiger charge is 2.34. The molecule has 100 valence electrons. The van der Waals surface area contributed by atoms with E-state index >= 15 is 0 Å². The Hall–Kier alpha value is -0.170. The number of hydrogen-bond acceptors (Lipinski definition) is 5. The third-order valence-corrected chi connectivity index (χ3v) is 5.36. The smallest absolute Gasteiger partial charge is 0.151 e. The van der Waals surface area contributed by atoms with Gasteiger partial charge in [-0.05, 0) is 26.4 Å². The van der Waals surface area contributed by atoms with Gasteiger partial charge in [0.15, 0.2) is 9.84 Å². The van der Waals surface area contributed by atoms with Gasteiger partial charge in [-0.2, -0.15) is 0 Å². The molecule has 0 aliphatic carbocycles. The molecule has 2 saturated heterocycles. The highest BCUT2D eigenvalue weighted by molar-refractivity contribution is 7.91.